The van der Waals surface area contributed by atoms with Crippen LogP contribution in [0.4, 0.5) is 0 Å². The molecule has 0 saturated carbocycles. The summed E-state index contributed by atoms with van der Waals surface area (Å²) in [6.07, 6.45) is 4.22. The first-order chi connectivity index (χ1) is 10.4. The maximum atomic E-state index is 12.4. The molecule has 122 valence electrons. The molecule has 1 atom stereocenters. The standard InChI is InChI=1S/C15H21BrN2O3S/c1-12(15(19)18-10-4-2-3-5-11-18)17-22(20,21)14-8-6-13(16)7-9-14/h6-9,12,17H,2-5,10-11H2,1H3/t12-/m0/s1. The largest absolute Gasteiger partial charge is 0.341 e. The van der Waals surface area contributed by atoms with Gasteiger partial charge in [-0.1, -0.05) is 28.8 Å². The summed E-state index contributed by atoms with van der Waals surface area (Å²) in [6, 6.07) is 5.59. The van der Waals surface area contributed by atoms with Crippen molar-refractivity contribution in [2.45, 2.75) is 43.5 Å². The molecular formula is C15H21BrN2O3S. The maximum Gasteiger partial charge on any atom is 0.241 e. The van der Waals surface area contributed by atoms with E-state index >= 15 is 0 Å². The van der Waals surface area contributed by atoms with Crippen molar-refractivity contribution in [3.8, 4) is 0 Å². The van der Waals surface area contributed by atoms with Crippen LogP contribution < -0.4 is 4.72 Å². The Labute approximate surface area is 140 Å². The number of halogens is 1. The van der Waals surface area contributed by atoms with Crippen LogP contribution >= 0.6 is 15.9 Å². The van der Waals surface area contributed by atoms with Gasteiger partial charge in [-0.15, -0.1) is 0 Å². The SMILES string of the molecule is C[C@H](NS(=O)(=O)c1ccc(Br)cc1)C(=O)N1CCCCCC1. The molecule has 1 heterocycles. The molecule has 1 aliphatic heterocycles. The van der Waals surface area contributed by atoms with Crippen molar-refractivity contribution in [3.63, 3.8) is 0 Å². The highest BCUT2D eigenvalue weighted by Crippen LogP contribution is 2.16. The molecule has 1 N–H and O–H groups in total. The molecule has 1 saturated heterocycles. The first-order valence-electron chi connectivity index (χ1n) is 7.47. The van der Waals surface area contributed by atoms with Crippen molar-refractivity contribution >= 4 is 31.9 Å². The van der Waals surface area contributed by atoms with Crippen LogP contribution in [0.25, 0.3) is 0 Å². The highest BCUT2D eigenvalue weighted by atomic mass is 79.9. The van der Waals surface area contributed by atoms with Crippen LogP contribution in [-0.4, -0.2) is 38.4 Å². The highest BCUT2D eigenvalue weighted by Gasteiger charge is 2.26. The number of sulfonamides is 1. The number of likely N-dealkylation sites (tertiary alicyclic amines) is 1. The summed E-state index contributed by atoms with van der Waals surface area (Å²) in [5.74, 6) is -0.150. The zero-order valence-corrected chi connectivity index (χ0v) is 15.0. The predicted octanol–water partition coefficient (Wildman–Crippen LogP) is 2.52. The summed E-state index contributed by atoms with van der Waals surface area (Å²) < 4.78 is 27.9. The quantitative estimate of drug-likeness (QED) is 0.861. The molecule has 0 aliphatic carbocycles. The summed E-state index contributed by atoms with van der Waals surface area (Å²) in [4.78, 5) is 14.3. The Hall–Kier alpha value is -0.920. The van der Waals surface area contributed by atoms with E-state index in [1.807, 2.05) is 0 Å². The average molecular weight is 389 g/mol. The fourth-order valence-electron chi connectivity index (χ4n) is 2.53. The van der Waals surface area contributed by atoms with Crippen LogP contribution in [0.3, 0.4) is 0 Å². The number of rotatable bonds is 4. The summed E-state index contributed by atoms with van der Waals surface area (Å²) in [7, 11) is -3.69. The van der Waals surface area contributed by atoms with Crippen molar-refractivity contribution in [3.05, 3.63) is 28.7 Å². The first kappa shape index (κ1) is 17.4. The fourth-order valence-corrected chi connectivity index (χ4v) is 3.99. The van der Waals surface area contributed by atoms with Gasteiger partial charge in [0.1, 0.15) is 0 Å². The van der Waals surface area contributed by atoms with Gasteiger partial charge < -0.3 is 4.90 Å². The molecule has 0 unspecified atom stereocenters. The summed E-state index contributed by atoms with van der Waals surface area (Å²) >= 11 is 3.27. The molecule has 1 aromatic rings. The number of nitrogens with zero attached hydrogens (tertiary/aromatic N) is 1. The summed E-state index contributed by atoms with van der Waals surface area (Å²) in [5.41, 5.74) is 0. The molecule has 1 aliphatic rings. The topological polar surface area (TPSA) is 66.5 Å². The molecule has 1 fully saturated rings. The van der Waals surface area contributed by atoms with Crippen LogP contribution in [0, 0.1) is 0 Å². The Kier molecular flexibility index (Phi) is 6.00. The van der Waals surface area contributed by atoms with Gasteiger partial charge in [0.15, 0.2) is 0 Å². The van der Waals surface area contributed by atoms with Crippen molar-refractivity contribution in [1.82, 2.24) is 9.62 Å². The Balaban J connectivity index is 2.04. The van der Waals surface area contributed by atoms with E-state index in [9.17, 15) is 13.2 Å². The van der Waals surface area contributed by atoms with Crippen molar-refractivity contribution < 1.29 is 13.2 Å². The summed E-state index contributed by atoms with van der Waals surface area (Å²) in [5, 5.41) is 0. The minimum atomic E-state index is -3.69. The van der Waals surface area contributed by atoms with Crippen LogP contribution in [0.2, 0.25) is 0 Å². The third-order valence-electron chi connectivity index (χ3n) is 3.74. The second kappa shape index (κ2) is 7.57. The minimum absolute atomic E-state index is 0.150. The lowest BCUT2D eigenvalue weighted by Gasteiger charge is -2.24. The molecule has 22 heavy (non-hydrogen) atoms. The lowest BCUT2D eigenvalue weighted by molar-refractivity contribution is -0.132. The molecule has 0 bridgehead atoms. The number of hydrogen-bond donors (Lipinski definition) is 1. The molecule has 2 rings (SSSR count). The van der Waals surface area contributed by atoms with Crippen molar-refractivity contribution in [1.29, 1.82) is 0 Å². The first-order valence-corrected chi connectivity index (χ1v) is 9.74. The highest BCUT2D eigenvalue weighted by molar-refractivity contribution is 9.10. The van der Waals surface area contributed by atoms with Crippen LogP contribution in [0.5, 0.6) is 0 Å². The third kappa shape index (κ3) is 4.54. The molecule has 5 nitrogen and oxygen atoms in total. The Bertz CT molecular complexity index is 608. The van der Waals surface area contributed by atoms with Gasteiger partial charge in [-0.3, -0.25) is 4.79 Å². The monoisotopic (exact) mass is 388 g/mol. The van der Waals surface area contributed by atoms with Gasteiger partial charge in [0.2, 0.25) is 15.9 Å². The third-order valence-corrected chi connectivity index (χ3v) is 5.83. The number of nitrogens with one attached hydrogen (secondary N) is 1. The van der Waals surface area contributed by atoms with E-state index in [1.54, 1.807) is 24.0 Å². The second-order valence-electron chi connectivity index (χ2n) is 5.54. The van der Waals surface area contributed by atoms with Gasteiger partial charge in [0.05, 0.1) is 10.9 Å². The smallest absolute Gasteiger partial charge is 0.241 e. The Morgan fingerprint density at radius 2 is 1.68 bits per heavy atom. The summed E-state index contributed by atoms with van der Waals surface area (Å²) in [6.45, 7) is 3.02. The fraction of sp³-hybridized carbons (Fsp3) is 0.533. The van der Waals surface area contributed by atoms with E-state index in [1.165, 1.54) is 12.1 Å². The van der Waals surface area contributed by atoms with Gasteiger partial charge in [-0.05, 0) is 44.0 Å². The number of amides is 1. The lowest BCUT2D eigenvalue weighted by Crippen LogP contribution is -2.47. The van der Waals surface area contributed by atoms with E-state index in [0.717, 1.165) is 30.2 Å². The predicted molar refractivity (Wildman–Crippen MR) is 89.0 cm³/mol. The van der Waals surface area contributed by atoms with Gasteiger partial charge in [-0.25, -0.2) is 8.42 Å². The van der Waals surface area contributed by atoms with Crippen molar-refractivity contribution in [2.75, 3.05) is 13.1 Å². The van der Waals surface area contributed by atoms with E-state index < -0.39 is 16.1 Å². The van der Waals surface area contributed by atoms with Crippen LogP contribution in [-0.2, 0) is 14.8 Å². The van der Waals surface area contributed by atoms with E-state index in [0.29, 0.717) is 13.1 Å². The van der Waals surface area contributed by atoms with Crippen LogP contribution in [0.1, 0.15) is 32.6 Å². The number of hydrogen-bond acceptors (Lipinski definition) is 3. The van der Waals surface area contributed by atoms with Gasteiger partial charge >= 0.3 is 0 Å². The zero-order chi connectivity index (χ0) is 16.2. The molecule has 0 aromatic heterocycles. The number of carbonyl (C=O) groups excluding carboxylic acids is 1. The van der Waals surface area contributed by atoms with E-state index in [4.69, 9.17) is 0 Å². The molecule has 1 amide bonds. The number of carbonyl (C=O) groups is 1. The molecule has 7 heteroatoms. The molecular weight excluding hydrogens is 368 g/mol. The second-order valence-corrected chi connectivity index (χ2v) is 8.17. The van der Waals surface area contributed by atoms with E-state index in [2.05, 4.69) is 20.7 Å². The van der Waals surface area contributed by atoms with Crippen molar-refractivity contribution in [2.24, 2.45) is 0 Å². The normalized spacial score (nSPS) is 17.8. The maximum absolute atomic E-state index is 12.4. The molecule has 0 spiro atoms. The minimum Gasteiger partial charge on any atom is -0.341 e. The lowest BCUT2D eigenvalue weighted by atomic mass is 10.2. The zero-order valence-electron chi connectivity index (χ0n) is 12.6. The average Bonchev–Trinajstić information content (AvgIpc) is 2.75. The Morgan fingerprint density at radius 1 is 1.14 bits per heavy atom. The van der Waals surface area contributed by atoms with Gasteiger partial charge in [-0.2, -0.15) is 4.72 Å². The Morgan fingerprint density at radius 3 is 2.23 bits per heavy atom. The van der Waals surface area contributed by atoms with Crippen LogP contribution in [0.15, 0.2) is 33.6 Å². The van der Waals surface area contributed by atoms with Gasteiger partial charge in [0.25, 0.3) is 0 Å². The molecule has 1 aromatic carbocycles. The van der Waals surface area contributed by atoms with Gasteiger partial charge in [0, 0.05) is 17.6 Å². The molecule has 0 radical (unpaired) electrons. The van der Waals surface area contributed by atoms with E-state index in [-0.39, 0.29) is 10.8 Å². The number of benzene rings is 1.